The van der Waals surface area contributed by atoms with Crippen molar-refractivity contribution in [2.45, 2.75) is 52.0 Å². The maximum atomic E-state index is 12.8. The average Bonchev–Trinajstić information content (AvgIpc) is 3.45. The number of imidazole rings is 1. The van der Waals surface area contributed by atoms with E-state index < -0.39 is 0 Å². The predicted molar refractivity (Wildman–Crippen MR) is 144 cm³/mol. The molecule has 0 radical (unpaired) electrons. The highest BCUT2D eigenvalue weighted by Crippen LogP contribution is 2.30. The number of likely N-dealkylation sites (tertiary alicyclic amines) is 1. The predicted octanol–water partition coefficient (Wildman–Crippen LogP) is 6.00. The normalized spacial score (nSPS) is 16.7. The summed E-state index contributed by atoms with van der Waals surface area (Å²) in [4.78, 5) is 21.1. The lowest BCUT2D eigenvalue weighted by Crippen LogP contribution is -2.40. The number of benzene rings is 2. The number of thiazole rings is 1. The van der Waals surface area contributed by atoms with Crippen LogP contribution in [0, 0.1) is 0 Å². The minimum Gasteiger partial charge on any atom is -0.494 e. The molecule has 1 unspecified atom stereocenters. The topological polar surface area (TPSA) is 58.9 Å². The van der Waals surface area contributed by atoms with Crippen molar-refractivity contribution in [1.82, 2.24) is 19.6 Å². The maximum absolute atomic E-state index is 12.8. The molecule has 1 saturated heterocycles. The van der Waals surface area contributed by atoms with Crippen LogP contribution in [0.4, 0.5) is 0 Å². The third-order valence-corrected chi connectivity index (χ3v) is 7.96. The minimum atomic E-state index is -0.00120. The van der Waals surface area contributed by atoms with Gasteiger partial charge >= 0.3 is 0 Å². The third-order valence-electron chi connectivity index (χ3n) is 6.95. The summed E-state index contributed by atoms with van der Waals surface area (Å²) in [5.74, 6) is 0.865. The molecule has 35 heavy (non-hydrogen) atoms. The summed E-state index contributed by atoms with van der Waals surface area (Å²) in [6.45, 7) is 7.89. The molecule has 0 aliphatic carbocycles. The number of nitrogens with one attached hydrogen (secondary N) is 1. The molecule has 184 valence electrons. The Labute approximate surface area is 210 Å². The molecule has 1 amide bonds. The second-order valence-corrected chi connectivity index (χ2v) is 10.2. The molecule has 2 aromatic heterocycles. The van der Waals surface area contributed by atoms with Gasteiger partial charge in [-0.05, 0) is 81.6 Å². The summed E-state index contributed by atoms with van der Waals surface area (Å²) in [5, 5.41) is 3.11. The highest BCUT2D eigenvalue weighted by molar-refractivity contribution is 7.23. The van der Waals surface area contributed by atoms with E-state index in [2.05, 4.69) is 27.7 Å². The van der Waals surface area contributed by atoms with Crippen LogP contribution in [-0.4, -0.2) is 52.5 Å². The lowest BCUT2D eigenvalue weighted by molar-refractivity contribution is 0.0947. The number of piperidine rings is 1. The fourth-order valence-corrected chi connectivity index (χ4v) is 6.12. The van der Waals surface area contributed by atoms with E-state index in [1.54, 1.807) is 11.3 Å². The van der Waals surface area contributed by atoms with Gasteiger partial charge in [0.2, 0.25) is 0 Å². The van der Waals surface area contributed by atoms with Gasteiger partial charge in [0.05, 0.1) is 22.5 Å². The first-order valence-corrected chi connectivity index (χ1v) is 13.6. The van der Waals surface area contributed by atoms with Gasteiger partial charge < -0.3 is 15.0 Å². The molecule has 7 heteroatoms. The third kappa shape index (κ3) is 5.21. The van der Waals surface area contributed by atoms with Gasteiger partial charge in [-0.2, -0.15) is 0 Å². The summed E-state index contributed by atoms with van der Waals surface area (Å²) in [7, 11) is 0. The van der Waals surface area contributed by atoms with Gasteiger partial charge in [0.15, 0.2) is 4.96 Å². The van der Waals surface area contributed by atoms with Crippen LogP contribution in [0.15, 0.2) is 48.7 Å². The molecule has 2 aromatic carbocycles. The van der Waals surface area contributed by atoms with Gasteiger partial charge in [-0.15, -0.1) is 0 Å². The number of carbonyl (C=O) groups is 1. The molecule has 4 aromatic rings. The molecule has 1 fully saturated rings. The van der Waals surface area contributed by atoms with Gasteiger partial charge in [-0.25, -0.2) is 4.98 Å². The first-order valence-electron chi connectivity index (χ1n) is 12.8. The maximum Gasteiger partial charge on any atom is 0.251 e. The molecule has 1 aliphatic heterocycles. The molecule has 6 nitrogen and oxygen atoms in total. The van der Waals surface area contributed by atoms with Crippen LogP contribution in [0.3, 0.4) is 0 Å². The lowest BCUT2D eigenvalue weighted by atomic mass is 10.00. The van der Waals surface area contributed by atoms with Gasteiger partial charge in [0.1, 0.15) is 5.75 Å². The van der Waals surface area contributed by atoms with Crippen molar-refractivity contribution >= 4 is 32.4 Å². The summed E-state index contributed by atoms with van der Waals surface area (Å²) >= 11 is 1.61. The molecule has 1 aliphatic rings. The van der Waals surface area contributed by atoms with Gasteiger partial charge in [-0.3, -0.25) is 9.20 Å². The van der Waals surface area contributed by atoms with E-state index in [1.807, 2.05) is 49.4 Å². The SMILES string of the molecule is CCOc1ccc(-c2cn3c(n2)sc2cc(C(=O)NCCCN4CCCCC4CC)ccc23)cc1. The van der Waals surface area contributed by atoms with Crippen molar-refractivity contribution in [3.8, 4) is 17.0 Å². The Bertz CT molecular complexity index is 1290. The lowest BCUT2D eigenvalue weighted by Gasteiger charge is -2.35. The van der Waals surface area contributed by atoms with Crippen LogP contribution >= 0.6 is 11.3 Å². The number of hydrogen-bond donors (Lipinski definition) is 1. The first-order chi connectivity index (χ1) is 17.2. The molecular formula is C28H34N4O2S. The zero-order valence-electron chi connectivity index (χ0n) is 20.6. The Balaban J connectivity index is 1.22. The molecule has 5 rings (SSSR count). The first kappa shape index (κ1) is 23.8. The summed E-state index contributed by atoms with van der Waals surface area (Å²) in [6.07, 6.45) is 8.24. The van der Waals surface area contributed by atoms with Crippen molar-refractivity contribution < 1.29 is 9.53 Å². The summed E-state index contributed by atoms with van der Waals surface area (Å²) < 4.78 is 8.71. The molecule has 1 N–H and O–H groups in total. The molecule has 0 bridgehead atoms. The number of ether oxygens (including phenoxy) is 1. The van der Waals surface area contributed by atoms with Crippen LogP contribution in [0.2, 0.25) is 0 Å². The van der Waals surface area contributed by atoms with Gasteiger partial charge in [0, 0.05) is 36.5 Å². The fraction of sp³-hybridized carbons (Fsp3) is 0.429. The Morgan fingerprint density at radius 1 is 1.17 bits per heavy atom. The van der Waals surface area contributed by atoms with E-state index in [-0.39, 0.29) is 5.91 Å². The van der Waals surface area contributed by atoms with Crippen molar-refractivity contribution in [2.24, 2.45) is 0 Å². The highest BCUT2D eigenvalue weighted by Gasteiger charge is 2.20. The second-order valence-electron chi connectivity index (χ2n) is 9.22. The quantitative estimate of drug-likeness (QED) is 0.292. The Hall–Kier alpha value is -2.90. The Morgan fingerprint density at radius 2 is 2.03 bits per heavy atom. The molecule has 1 atom stereocenters. The largest absolute Gasteiger partial charge is 0.494 e. The standard InChI is InChI=1S/C28H34N4O2S/c1-3-22-8-5-6-16-31(22)17-7-15-29-27(33)21-11-14-25-26(18-21)35-28-30-24(19-32(25)28)20-9-12-23(13-10-20)34-4-2/h9-14,18-19,22H,3-8,15-17H2,1-2H3,(H,29,33). The molecule has 0 spiro atoms. The number of carbonyl (C=O) groups excluding carboxylic acids is 1. The Morgan fingerprint density at radius 3 is 2.83 bits per heavy atom. The van der Waals surface area contributed by atoms with Gasteiger partial charge in [0.25, 0.3) is 5.91 Å². The number of amides is 1. The Kier molecular flexibility index (Phi) is 7.35. The van der Waals surface area contributed by atoms with Crippen LogP contribution in [0.5, 0.6) is 5.75 Å². The van der Waals surface area contributed by atoms with Crippen molar-refractivity contribution in [1.29, 1.82) is 0 Å². The minimum absolute atomic E-state index is 0.00120. The van der Waals surface area contributed by atoms with Crippen molar-refractivity contribution in [3.05, 3.63) is 54.2 Å². The zero-order valence-corrected chi connectivity index (χ0v) is 21.4. The fourth-order valence-electron chi connectivity index (χ4n) is 5.07. The van der Waals surface area contributed by atoms with Crippen LogP contribution in [-0.2, 0) is 0 Å². The second kappa shape index (κ2) is 10.8. The van der Waals surface area contributed by atoms with Gasteiger partial charge in [-0.1, -0.05) is 24.7 Å². The number of fused-ring (bicyclic) bond motifs is 3. The van der Waals surface area contributed by atoms with Crippen molar-refractivity contribution in [2.75, 3.05) is 26.2 Å². The monoisotopic (exact) mass is 490 g/mol. The molecule has 0 saturated carbocycles. The number of nitrogens with zero attached hydrogens (tertiary/aromatic N) is 3. The van der Waals surface area contributed by atoms with E-state index in [9.17, 15) is 4.79 Å². The molecule has 3 heterocycles. The van der Waals surface area contributed by atoms with Crippen LogP contribution < -0.4 is 10.1 Å². The average molecular weight is 491 g/mol. The van der Waals surface area contributed by atoms with Crippen LogP contribution in [0.25, 0.3) is 26.4 Å². The zero-order chi connectivity index (χ0) is 24.2. The van der Waals surface area contributed by atoms with Crippen molar-refractivity contribution in [3.63, 3.8) is 0 Å². The summed E-state index contributed by atoms with van der Waals surface area (Å²) in [6, 6.07) is 14.7. The summed E-state index contributed by atoms with van der Waals surface area (Å²) in [5.41, 5.74) is 3.77. The van der Waals surface area contributed by atoms with E-state index >= 15 is 0 Å². The van der Waals surface area contributed by atoms with E-state index in [1.165, 1.54) is 32.2 Å². The molecular weight excluding hydrogens is 456 g/mol. The number of rotatable bonds is 9. The number of aromatic nitrogens is 2. The highest BCUT2D eigenvalue weighted by atomic mass is 32.1. The smallest absolute Gasteiger partial charge is 0.251 e. The van der Waals surface area contributed by atoms with E-state index in [4.69, 9.17) is 9.72 Å². The van der Waals surface area contributed by atoms with E-state index in [0.717, 1.165) is 51.2 Å². The van der Waals surface area contributed by atoms with E-state index in [0.29, 0.717) is 18.7 Å². The van der Waals surface area contributed by atoms with Crippen LogP contribution in [0.1, 0.15) is 56.3 Å². The number of hydrogen-bond acceptors (Lipinski definition) is 5.